The molecule has 1 aliphatic carbocycles. The van der Waals surface area contributed by atoms with Gasteiger partial charge in [-0.3, -0.25) is 5.43 Å². The van der Waals surface area contributed by atoms with Crippen molar-refractivity contribution in [3.63, 3.8) is 0 Å². The second-order valence-corrected chi connectivity index (χ2v) is 3.91. The molecule has 14 heavy (non-hydrogen) atoms. The minimum absolute atomic E-state index is 0.656. The Morgan fingerprint density at radius 3 is 3.00 bits per heavy atom. The molecule has 0 amide bonds. The zero-order valence-corrected chi connectivity index (χ0v) is 8.90. The number of rotatable bonds is 1. The summed E-state index contributed by atoms with van der Waals surface area (Å²) in [5.74, 6) is 5.28. The van der Waals surface area contributed by atoms with Crippen LogP contribution in [-0.2, 0) is 0 Å². The van der Waals surface area contributed by atoms with E-state index < -0.39 is 0 Å². The lowest BCUT2D eigenvalue weighted by Crippen LogP contribution is -2.09. The summed E-state index contributed by atoms with van der Waals surface area (Å²) in [6.45, 7) is 3.85. The van der Waals surface area contributed by atoms with E-state index in [0.29, 0.717) is 10.8 Å². The molecule has 1 aliphatic rings. The summed E-state index contributed by atoms with van der Waals surface area (Å²) in [5, 5.41) is 0.656. The van der Waals surface area contributed by atoms with Crippen molar-refractivity contribution in [2.45, 2.75) is 0 Å². The van der Waals surface area contributed by atoms with Crippen LogP contribution in [0.4, 0.5) is 5.13 Å². The summed E-state index contributed by atoms with van der Waals surface area (Å²) < 4.78 is 3.85. The van der Waals surface area contributed by atoms with Gasteiger partial charge in [-0.05, 0) is 24.5 Å². The highest BCUT2D eigenvalue weighted by atomic mass is 32.1. The van der Waals surface area contributed by atoms with Crippen LogP contribution in [0.2, 0.25) is 0 Å². The summed E-state index contributed by atoms with van der Waals surface area (Å²) >= 11 is 5.36. The van der Waals surface area contributed by atoms with Gasteiger partial charge in [0, 0.05) is 0 Å². The number of fused-ring (bicyclic) bond motifs is 1. The first-order chi connectivity index (χ1) is 6.76. The van der Waals surface area contributed by atoms with E-state index in [9.17, 15) is 0 Å². The number of thiol groups is 1. The number of hydrazine groups is 1. The first kappa shape index (κ1) is 9.45. The highest BCUT2D eigenvalue weighted by molar-refractivity contribution is 7.79. The van der Waals surface area contributed by atoms with Gasteiger partial charge in [0.25, 0.3) is 0 Å². The third-order valence-corrected chi connectivity index (χ3v) is 2.99. The molecule has 1 aromatic rings. The summed E-state index contributed by atoms with van der Waals surface area (Å²) in [6.07, 6.45) is 3.83. The van der Waals surface area contributed by atoms with E-state index in [1.807, 2.05) is 12.2 Å². The monoisotopic (exact) mass is 224 g/mol. The predicted octanol–water partition coefficient (Wildman–Crippen LogP) is 1.65. The second-order valence-electron chi connectivity index (χ2n) is 2.68. The van der Waals surface area contributed by atoms with Gasteiger partial charge in [0.15, 0.2) is 5.13 Å². The summed E-state index contributed by atoms with van der Waals surface area (Å²) in [4.78, 5) is 5.27. The Hall–Kier alpha value is -1.11. The van der Waals surface area contributed by atoms with Crippen molar-refractivity contribution in [2.24, 2.45) is 10.2 Å². The molecule has 0 unspecified atom stereocenters. The Bertz CT molecular complexity index is 444. The number of anilines is 1. The standard InChI is InChI=1S/C8H8N4S2/c1-4-2-3-5-7(6(4)12-13)10-8(11-9)14-5/h2-3,13H,1,9H2,(H,10,11)/b12-6+. The normalized spacial score (nSPS) is 17.3. The smallest absolute Gasteiger partial charge is 0.198 e. The lowest BCUT2D eigenvalue weighted by Gasteiger charge is -2.07. The number of nitrogens with one attached hydrogen (secondary N) is 1. The van der Waals surface area contributed by atoms with E-state index in [4.69, 9.17) is 5.84 Å². The number of hydrogen-bond acceptors (Lipinski definition) is 6. The number of thiazole rings is 1. The quantitative estimate of drug-likeness (QED) is 0.386. The zero-order chi connectivity index (χ0) is 10.1. The first-order valence-corrected chi connectivity index (χ1v) is 5.05. The molecule has 0 aromatic carbocycles. The van der Waals surface area contributed by atoms with E-state index in [2.05, 4.69) is 34.2 Å². The van der Waals surface area contributed by atoms with Crippen LogP contribution in [0.3, 0.4) is 0 Å². The van der Waals surface area contributed by atoms with Gasteiger partial charge >= 0.3 is 0 Å². The van der Waals surface area contributed by atoms with Gasteiger partial charge in [-0.2, -0.15) is 0 Å². The summed E-state index contributed by atoms with van der Waals surface area (Å²) in [6, 6.07) is 0. The lowest BCUT2D eigenvalue weighted by atomic mass is 10.0. The molecule has 1 heterocycles. The number of allylic oxidation sites excluding steroid dienone is 2. The molecule has 1 aromatic heterocycles. The van der Waals surface area contributed by atoms with Crippen molar-refractivity contribution in [1.29, 1.82) is 0 Å². The van der Waals surface area contributed by atoms with Crippen molar-refractivity contribution in [3.8, 4) is 0 Å². The number of nitrogens with two attached hydrogens (primary N) is 1. The third kappa shape index (κ3) is 1.37. The highest BCUT2D eigenvalue weighted by Crippen LogP contribution is 2.29. The van der Waals surface area contributed by atoms with Gasteiger partial charge in [0.05, 0.1) is 4.88 Å². The fourth-order valence-electron chi connectivity index (χ4n) is 1.20. The molecule has 4 nitrogen and oxygen atoms in total. The van der Waals surface area contributed by atoms with Crippen molar-refractivity contribution < 1.29 is 0 Å². The maximum absolute atomic E-state index is 5.28. The van der Waals surface area contributed by atoms with Crippen molar-refractivity contribution in [1.82, 2.24) is 4.98 Å². The van der Waals surface area contributed by atoms with E-state index in [1.165, 1.54) is 11.3 Å². The molecule has 0 fully saturated rings. The van der Waals surface area contributed by atoms with Gasteiger partial charge in [-0.15, -0.1) is 0 Å². The predicted molar refractivity (Wildman–Crippen MR) is 63.6 cm³/mol. The van der Waals surface area contributed by atoms with Gasteiger partial charge in [0.1, 0.15) is 11.4 Å². The SMILES string of the molecule is C=C1C=Cc2sc(NN)nc2/C1=N/S. The maximum atomic E-state index is 5.28. The van der Waals surface area contributed by atoms with Crippen LogP contribution in [0, 0.1) is 0 Å². The molecule has 0 radical (unpaired) electrons. The molecular formula is C8H8N4S2. The van der Waals surface area contributed by atoms with Crippen LogP contribution >= 0.6 is 24.2 Å². The number of nitrogens with zero attached hydrogens (tertiary/aromatic N) is 2. The molecule has 3 N–H and O–H groups in total. The number of aromatic nitrogens is 1. The fraction of sp³-hybridized carbons (Fsp3) is 0. The average molecular weight is 224 g/mol. The van der Waals surface area contributed by atoms with Crippen molar-refractivity contribution in [3.05, 3.63) is 28.8 Å². The van der Waals surface area contributed by atoms with Crippen LogP contribution in [0.25, 0.3) is 6.08 Å². The van der Waals surface area contributed by atoms with Gasteiger partial charge in [-0.1, -0.05) is 24.0 Å². The summed E-state index contributed by atoms with van der Waals surface area (Å²) in [5.41, 5.74) is 4.79. The molecule has 0 atom stereocenters. The molecule has 72 valence electrons. The third-order valence-electron chi connectivity index (χ3n) is 1.84. The fourth-order valence-corrected chi connectivity index (χ4v) is 2.20. The molecule has 0 bridgehead atoms. The van der Waals surface area contributed by atoms with Crippen LogP contribution < -0.4 is 11.3 Å². The first-order valence-electron chi connectivity index (χ1n) is 3.83. The van der Waals surface area contributed by atoms with Crippen LogP contribution in [0.1, 0.15) is 10.6 Å². The van der Waals surface area contributed by atoms with Crippen LogP contribution in [-0.4, -0.2) is 10.7 Å². The molecule has 6 heteroatoms. The second kappa shape index (κ2) is 3.56. The largest absolute Gasteiger partial charge is 0.300 e. The molecule has 0 saturated carbocycles. The maximum Gasteiger partial charge on any atom is 0.198 e. The van der Waals surface area contributed by atoms with Gasteiger partial charge < -0.3 is 0 Å². The van der Waals surface area contributed by atoms with E-state index in [0.717, 1.165) is 16.1 Å². The molecule has 0 saturated heterocycles. The Kier molecular flexibility index (Phi) is 2.40. The Balaban J connectivity index is 2.58. The van der Waals surface area contributed by atoms with E-state index in [-0.39, 0.29) is 0 Å². The van der Waals surface area contributed by atoms with Crippen molar-refractivity contribution >= 4 is 41.1 Å². The minimum atomic E-state index is 0.656. The van der Waals surface area contributed by atoms with Gasteiger partial charge in [-0.25, -0.2) is 15.2 Å². The van der Waals surface area contributed by atoms with E-state index >= 15 is 0 Å². The minimum Gasteiger partial charge on any atom is -0.300 e. The average Bonchev–Trinajstić information content (AvgIpc) is 2.60. The Labute approximate surface area is 90.8 Å². The van der Waals surface area contributed by atoms with Crippen molar-refractivity contribution in [2.75, 3.05) is 5.43 Å². The topological polar surface area (TPSA) is 63.3 Å². The highest BCUT2D eigenvalue weighted by Gasteiger charge is 2.19. The van der Waals surface area contributed by atoms with Crippen LogP contribution in [0.5, 0.6) is 0 Å². The molecular weight excluding hydrogens is 216 g/mol. The lowest BCUT2D eigenvalue weighted by molar-refractivity contribution is 1.27. The molecule has 2 rings (SSSR count). The van der Waals surface area contributed by atoms with Crippen LogP contribution in [0.15, 0.2) is 22.6 Å². The Morgan fingerprint density at radius 1 is 1.57 bits per heavy atom. The molecule has 0 aliphatic heterocycles. The molecule has 0 spiro atoms. The Morgan fingerprint density at radius 2 is 2.36 bits per heavy atom. The number of nitrogen functional groups attached to an aromatic ring is 1. The van der Waals surface area contributed by atoms with Gasteiger partial charge in [0.2, 0.25) is 0 Å². The van der Waals surface area contributed by atoms with E-state index in [1.54, 1.807) is 0 Å². The number of hydrogen-bond donors (Lipinski definition) is 3. The summed E-state index contributed by atoms with van der Waals surface area (Å²) in [7, 11) is 0. The zero-order valence-electron chi connectivity index (χ0n) is 7.19.